The Hall–Kier alpha value is -1.77. The third-order valence-corrected chi connectivity index (χ3v) is 3.77. The number of carbonyl (C=O) groups is 1. The van der Waals surface area contributed by atoms with Crippen LogP contribution in [0.2, 0.25) is 10.0 Å². The van der Waals surface area contributed by atoms with Crippen LogP contribution >= 0.6 is 23.2 Å². The summed E-state index contributed by atoms with van der Waals surface area (Å²) in [6, 6.07) is 12.4. The number of H-pyrrole nitrogens is 1. The van der Waals surface area contributed by atoms with Crippen LogP contribution < -0.4 is 0 Å². The second kappa shape index (κ2) is 4.97. The Balaban J connectivity index is 2.16. The van der Waals surface area contributed by atoms with Crippen molar-refractivity contribution in [3.05, 3.63) is 69.3 Å². The molecule has 0 aliphatic rings. The van der Waals surface area contributed by atoms with E-state index in [0.29, 0.717) is 21.2 Å². The first-order chi connectivity index (χ1) is 9.56. The number of ketones is 1. The van der Waals surface area contributed by atoms with E-state index >= 15 is 0 Å². The van der Waals surface area contributed by atoms with Gasteiger partial charge < -0.3 is 4.98 Å². The van der Waals surface area contributed by atoms with Gasteiger partial charge in [-0.1, -0.05) is 29.3 Å². The molecule has 0 saturated heterocycles. The highest BCUT2D eigenvalue weighted by Gasteiger charge is 2.17. The number of hydrogen-bond donors (Lipinski definition) is 1. The zero-order valence-corrected chi connectivity index (χ0v) is 12.2. The van der Waals surface area contributed by atoms with Gasteiger partial charge in [-0.25, -0.2) is 0 Å². The number of aromatic nitrogens is 1. The summed E-state index contributed by atoms with van der Waals surface area (Å²) in [7, 11) is 0. The number of hydrogen-bond acceptors (Lipinski definition) is 1. The summed E-state index contributed by atoms with van der Waals surface area (Å²) in [5.41, 5.74) is 3.00. The molecule has 0 fully saturated rings. The van der Waals surface area contributed by atoms with E-state index in [1.165, 1.54) is 0 Å². The molecule has 0 spiro atoms. The smallest absolute Gasteiger partial charge is 0.195 e. The van der Waals surface area contributed by atoms with Crippen LogP contribution in [0.25, 0.3) is 10.9 Å². The van der Waals surface area contributed by atoms with E-state index in [9.17, 15) is 4.79 Å². The molecule has 1 N–H and O–H groups in total. The van der Waals surface area contributed by atoms with E-state index in [4.69, 9.17) is 23.2 Å². The Morgan fingerprint density at radius 3 is 2.35 bits per heavy atom. The molecule has 1 aromatic heterocycles. The van der Waals surface area contributed by atoms with Gasteiger partial charge in [-0.3, -0.25) is 4.79 Å². The van der Waals surface area contributed by atoms with Gasteiger partial charge in [0, 0.05) is 32.2 Å². The zero-order valence-electron chi connectivity index (χ0n) is 10.7. The molecule has 4 heteroatoms. The van der Waals surface area contributed by atoms with Gasteiger partial charge in [-0.2, -0.15) is 0 Å². The Morgan fingerprint density at radius 2 is 1.65 bits per heavy atom. The van der Waals surface area contributed by atoms with Crippen LogP contribution in [-0.4, -0.2) is 10.8 Å². The fourth-order valence-corrected chi connectivity index (χ4v) is 2.64. The van der Waals surface area contributed by atoms with E-state index in [2.05, 4.69) is 4.98 Å². The lowest BCUT2D eigenvalue weighted by Gasteiger charge is -2.02. The minimum Gasteiger partial charge on any atom is -0.358 e. The average Bonchev–Trinajstić information content (AvgIpc) is 2.73. The molecule has 0 bridgehead atoms. The number of nitrogens with one attached hydrogen (secondary N) is 1. The maximum Gasteiger partial charge on any atom is 0.195 e. The Kier molecular flexibility index (Phi) is 3.28. The van der Waals surface area contributed by atoms with Crippen LogP contribution in [0.4, 0.5) is 0 Å². The Labute approximate surface area is 126 Å². The fraction of sp³-hybridized carbons (Fsp3) is 0.0625. The highest BCUT2D eigenvalue weighted by molar-refractivity contribution is 6.32. The van der Waals surface area contributed by atoms with Gasteiger partial charge in [-0.15, -0.1) is 0 Å². The van der Waals surface area contributed by atoms with Crippen molar-refractivity contribution in [2.24, 2.45) is 0 Å². The van der Waals surface area contributed by atoms with E-state index in [-0.39, 0.29) is 5.78 Å². The van der Waals surface area contributed by atoms with Crippen molar-refractivity contribution < 1.29 is 4.79 Å². The number of benzene rings is 2. The summed E-state index contributed by atoms with van der Waals surface area (Å²) in [6.07, 6.45) is 0. The average molecular weight is 304 g/mol. The number of aryl methyl sites for hydroxylation is 1. The lowest BCUT2D eigenvalue weighted by atomic mass is 10.0. The van der Waals surface area contributed by atoms with Gasteiger partial charge in [0.05, 0.1) is 5.56 Å². The summed E-state index contributed by atoms with van der Waals surface area (Å²) in [6.45, 7) is 1.89. The zero-order chi connectivity index (χ0) is 14.3. The van der Waals surface area contributed by atoms with Crippen molar-refractivity contribution >= 4 is 39.9 Å². The van der Waals surface area contributed by atoms with Gasteiger partial charge in [0.2, 0.25) is 0 Å². The molecule has 20 heavy (non-hydrogen) atoms. The van der Waals surface area contributed by atoms with Crippen molar-refractivity contribution in [2.45, 2.75) is 6.92 Å². The first-order valence-corrected chi connectivity index (χ1v) is 6.90. The Morgan fingerprint density at radius 1 is 1.00 bits per heavy atom. The molecule has 3 rings (SSSR count). The number of fused-ring (bicyclic) bond motifs is 1. The van der Waals surface area contributed by atoms with Crippen LogP contribution in [0.15, 0.2) is 42.5 Å². The van der Waals surface area contributed by atoms with Gasteiger partial charge >= 0.3 is 0 Å². The van der Waals surface area contributed by atoms with Crippen molar-refractivity contribution in [2.75, 3.05) is 0 Å². The van der Waals surface area contributed by atoms with Crippen molar-refractivity contribution in [3.8, 4) is 0 Å². The molecule has 1 heterocycles. The van der Waals surface area contributed by atoms with Crippen molar-refractivity contribution in [1.82, 2.24) is 4.98 Å². The second-order valence-electron chi connectivity index (χ2n) is 4.65. The van der Waals surface area contributed by atoms with Crippen LogP contribution in [0.3, 0.4) is 0 Å². The van der Waals surface area contributed by atoms with Crippen LogP contribution in [-0.2, 0) is 0 Å². The normalized spacial score (nSPS) is 10.9. The summed E-state index contributed by atoms with van der Waals surface area (Å²) in [5.74, 6) is -0.0206. The third-order valence-electron chi connectivity index (χ3n) is 3.28. The van der Waals surface area contributed by atoms with Crippen molar-refractivity contribution in [3.63, 3.8) is 0 Å². The van der Waals surface area contributed by atoms with Crippen molar-refractivity contribution in [1.29, 1.82) is 0 Å². The summed E-state index contributed by atoms with van der Waals surface area (Å²) in [4.78, 5) is 15.8. The number of halogens is 2. The van der Waals surface area contributed by atoms with E-state index in [0.717, 1.165) is 16.6 Å². The van der Waals surface area contributed by atoms with Gasteiger partial charge in [0.15, 0.2) is 5.78 Å². The standard InChI is InChI=1S/C16H11Cl2NO/c1-9-15(13-7-6-12(18)8-14(13)19-9)16(20)10-2-4-11(17)5-3-10/h2-8,19H,1H3. The molecule has 0 unspecified atom stereocenters. The predicted molar refractivity (Wildman–Crippen MR) is 82.9 cm³/mol. The van der Waals surface area contributed by atoms with E-state index in [1.54, 1.807) is 30.3 Å². The molecule has 0 saturated carbocycles. The molecule has 0 radical (unpaired) electrons. The molecular weight excluding hydrogens is 293 g/mol. The highest BCUT2D eigenvalue weighted by atomic mass is 35.5. The summed E-state index contributed by atoms with van der Waals surface area (Å²) in [5, 5.41) is 2.14. The van der Waals surface area contributed by atoms with E-state index < -0.39 is 0 Å². The number of rotatable bonds is 2. The maximum absolute atomic E-state index is 12.6. The summed E-state index contributed by atoms with van der Waals surface area (Å²) < 4.78 is 0. The highest BCUT2D eigenvalue weighted by Crippen LogP contribution is 2.27. The molecule has 3 aromatic rings. The SMILES string of the molecule is Cc1[nH]c2cc(Cl)ccc2c1C(=O)c1ccc(Cl)cc1. The van der Waals surface area contributed by atoms with Gasteiger partial charge in [-0.05, 0) is 43.3 Å². The first kappa shape index (κ1) is 13.2. The molecule has 100 valence electrons. The predicted octanol–water partition coefficient (Wildman–Crippen LogP) is 5.01. The van der Waals surface area contributed by atoms with Crippen LogP contribution in [0.1, 0.15) is 21.6 Å². The minimum atomic E-state index is -0.0206. The first-order valence-electron chi connectivity index (χ1n) is 6.14. The van der Waals surface area contributed by atoms with Gasteiger partial charge in [0.1, 0.15) is 0 Å². The fourth-order valence-electron chi connectivity index (χ4n) is 2.34. The summed E-state index contributed by atoms with van der Waals surface area (Å²) >= 11 is 11.8. The molecule has 0 aliphatic carbocycles. The lowest BCUT2D eigenvalue weighted by Crippen LogP contribution is -2.02. The van der Waals surface area contributed by atoms with Crippen LogP contribution in [0.5, 0.6) is 0 Å². The molecule has 2 aromatic carbocycles. The molecular formula is C16H11Cl2NO. The largest absolute Gasteiger partial charge is 0.358 e. The number of aromatic amines is 1. The minimum absolute atomic E-state index is 0.0206. The monoisotopic (exact) mass is 303 g/mol. The second-order valence-corrected chi connectivity index (χ2v) is 5.52. The van der Waals surface area contributed by atoms with E-state index in [1.807, 2.05) is 19.1 Å². The van der Waals surface area contributed by atoms with Crippen LogP contribution in [0, 0.1) is 6.92 Å². The molecule has 0 aliphatic heterocycles. The topological polar surface area (TPSA) is 32.9 Å². The maximum atomic E-state index is 12.6. The quantitative estimate of drug-likeness (QED) is 0.663. The van der Waals surface area contributed by atoms with Gasteiger partial charge in [0.25, 0.3) is 0 Å². The lowest BCUT2D eigenvalue weighted by molar-refractivity contribution is 0.104. The Bertz CT molecular complexity index is 803. The molecule has 2 nitrogen and oxygen atoms in total. The third kappa shape index (κ3) is 2.21. The molecule has 0 atom stereocenters. The molecule has 0 amide bonds. The number of carbonyl (C=O) groups excluding carboxylic acids is 1.